The standard InChI is InChI=1S/C8H17N/c1-3-7-9(4-2)8-5-6-8/h8H,3-7H2,1-2H3. The van der Waals surface area contributed by atoms with Gasteiger partial charge in [-0.2, -0.15) is 0 Å². The molecule has 0 unspecified atom stereocenters. The van der Waals surface area contributed by atoms with E-state index in [4.69, 9.17) is 0 Å². The Morgan fingerprint density at radius 2 is 2.00 bits per heavy atom. The fourth-order valence-electron chi connectivity index (χ4n) is 1.33. The van der Waals surface area contributed by atoms with Crippen molar-refractivity contribution in [1.82, 2.24) is 4.90 Å². The van der Waals surface area contributed by atoms with Crippen LogP contribution in [0.5, 0.6) is 0 Å². The zero-order valence-electron chi connectivity index (χ0n) is 6.56. The molecule has 1 fully saturated rings. The summed E-state index contributed by atoms with van der Waals surface area (Å²) in [4.78, 5) is 2.58. The van der Waals surface area contributed by atoms with Gasteiger partial charge in [0.1, 0.15) is 0 Å². The highest BCUT2D eigenvalue weighted by Gasteiger charge is 2.26. The second-order valence-electron chi connectivity index (χ2n) is 2.86. The molecule has 0 atom stereocenters. The van der Waals surface area contributed by atoms with Crippen molar-refractivity contribution in [2.24, 2.45) is 0 Å². The molecule has 0 N–H and O–H groups in total. The Bertz CT molecular complexity index is 76.6. The van der Waals surface area contributed by atoms with Crippen molar-refractivity contribution in [3.63, 3.8) is 0 Å². The van der Waals surface area contributed by atoms with E-state index in [1.165, 1.54) is 32.4 Å². The molecule has 1 heteroatoms. The predicted octanol–water partition coefficient (Wildman–Crippen LogP) is 1.88. The van der Waals surface area contributed by atoms with Crippen LogP contribution in [0.1, 0.15) is 33.1 Å². The van der Waals surface area contributed by atoms with E-state index < -0.39 is 0 Å². The van der Waals surface area contributed by atoms with Crippen molar-refractivity contribution in [2.45, 2.75) is 39.2 Å². The molecule has 0 aromatic rings. The van der Waals surface area contributed by atoms with E-state index in [1.807, 2.05) is 0 Å². The van der Waals surface area contributed by atoms with Gasteiger partial charge in [-0.15, -0.1) is 0 Å². The molecule has 9 heavy (non-hydrogen) atoms. The average molecular weight is 127 g/mol. The minimum absolute atomic E-state index is 0.968. The minimum Gasteiger partial charge on any atom is -0.301 e. The molecule has 1 aliphatic rings. The van der Waals surface area contributed by atoms with Gasteiger partial charge in [-0.1, -0.05) is 13.8 Å². The van der Waals surface area contributed by atoms with Gasteiger partial charge in [-0.3, -0.25) is 0 Å². The van der Waals surface area contributed by atoms with E-state index in [0.29, 0.717) is 0 Å². The SMILES string of the molecule is CCCN(CC)C1CC1. The van der Waals surface area contributed by atoms with Crippen LogP contribution in [0.3, 0.4) is 0 Å². The maximum atomic E-state index is 2.58. The second kappa shape index (κ2) is 3.21. The Kier molecular flexibility index (Phi) is 2.52. The van der Waals surface area contributed by atoms with Crippen molar-refractivity contribution in [1.29, 1.82) is 0 Å². The fraction of sp³-hybridized carbons (Fsp3) is 1.00. The molecule has 1 rings (SSSR count). The van der Waals surface area contributed by atoms with Crippen LogP contribution in [-0.4, -0.2) is 24.0 Å². The van der Waals surface area contributed by atoms with Gasteiger partial charge in [-0.05, 0) is 32.4 Å². The molecule has 0 aromatic heterocycles. The predicted molar refractivity (Wildman–Crippen MR) is 40.6 cm³/mol. The summed E-state index contributed by atoms with van der Waals surface area (Å²) in [7, 11) is 0. The molecule has 0 radical (unpaired) electrons. The fourth-order valence-corrected chi connectivity index (χ4v) is 1.33. The van der Waals surface area contributed by atoms with E-state index in [9.17, 15) is 0 Å². The van der Waals surface area contributed by atoms with Gasteiger partial charge in [0, 0.05) is 6.04 Å². The third-order valence-corrected chi connectivity index (χ3v) is 1.98. The van der Waals surface area contributed by atoms with Gasteiger partial charge in [0.15, 0.2) is 0 Å². The van der Waals surface area contributed by atoms with Crippen molar-refractivity contribution >= 4 is 0 Å². The van der Waals surface area contributed by atoms with Gasteiger partial charge in [0.05, 0.1) is 0 Å². The highest BCUT2D eigenvalue weighted by molar-refractivity contribution is 4.83. The molecule has 54 valence electrons. The number of hydrogen-bond donors (Lipinski definition) is 0. The Morgan fingerprint density at radius 3 is 2.33 bits per heavy atom. The summed E-state index contributed by atoms with van der Waals surface area (Å²) in [5.74, 6) is 0. The summed E-state index contributed by atoms with van der Waals surface area (Å²) in [6, 6.07) is 0.968. The summed E-state index contributed by atoms with van der Waals surface area (Å²) in [5, 5.41) is 0. The van der Waals surface area contributed by atoms with E-state index >= 15 is 0 Å². The third-order valence-electron chi connectivity index (χ3n) is 1.98. The molecule has 0 aromatic carbocycles. The molecular weight excluding hydrogens is 110 g/mol. The molecule has 1 saturated carbocycles. The van der Waals surface area contributed by atoms with E-state index in [0.717, 1.165) is 6.04 Å². The summed E-state index contributed by atoms with van der Waals surface area (Å²) >= 11 is 0. The van der Waals surface area contributed by atoms with Crippen molar-refractivity contribution in [3.8, 4) is 0 Å². The Labute approximate surface area is 58.0 Å². The topological polar surface area (TPSA) is 3.24 Å². The molecule has 0 aliphatic heterocycles. The monoisotopic (exact) mass is 127 g/mol. The Morgan fingerprint density at radius 1 is 1.33 bits per heavy atom. The molecule has 1 nitrogen and oxygen atoms in total. The van der Waals surface area contributed by atoms with Crippen LogP contribution in [0.15, 0.2) is 0 Å². The lowest BCUT2D eigenvalue weighted by Gasteiger charge is -2.17. The van der Waals surface area contributed by atoms with Gasteiger partial charge in [0.25, 0.3) is 0 Å². The zero-order chi connectivity index (χ0) is 6.69. The van der Waals surface area contributed by atoms with Crippen LogP contribution in [0.4, 0.5) is 0 Å². The first kappa shape index (κ1) is 7.07. The number of nitrogens with zero attached hydrogens (tertiary/aromatic N) is 1. The summed E-state index contributed by atoms with van der Waals surface area (Å²) in [5.41, 5.74) is 0. The van der Waals surface area contributed by atoms with Gasteiger partial charge in [-0.25, -0.2) is 0 Å². The van der Waals surface area contributed by atoms with E-state index in [2.05, 4.69) is 18.7 Å². The lowest BCUT2D eigenvalue weighted by molar-refractivity contribution is 0.278. The first-order valence-corrected chi connectivity index (χ1v) is 4.12. The van der Waals surface area contributed by atoms with Crippen molar-refractivity contribution < 1.29 is 0 Å². The highest BCUT2D eigenvalue weighted by atomic mass is 15.2. The minimum atomic E-state index is 0.968. The maximum Gasteiger partial charge on any atom is 0.00962 e. The summed E-state index contributed by atoms with van der Waals surface area (Å²) in [6.45, 7) is 7.07. The number of hydrogen-bond acceptors (Lipinski definition) is 1. The molecule has 0 amide bonds. The lowest BCUT2D eigenvalue weighted by Crippen LogP contribution is -2.26. The smallest absolute Gasteiger partial charge is 0.00962 e. The maximum absolute atomic E-state index is 2.58. The first-order chi connectivity index (χ1) is 4.38. The van der Waals surface area contributed by atoms with Gasteiger partial charge < -0.3 is 4.90 Å². The van der Waals surface area contributed by atoms with Crippen LogP contribution in [0, 0.1) is 0 Å². The lowest BCUT2D eigenvalue weighted by atomic mass is 10.4. The Hall–Kier alpha value is -0.0400. The second-order valence-corrected chi connectivity index (χ2v) is 2.86. The largest absolute Gasteiger partial charge is 0.301 e. The van der Waals surface area contributed by atoms with Crippen molar-refractivity contribution in [3.05, 3.63) is 0 Å². The van der Waals surface area contributed by atoms with Crippen molar-refractivity contribution in [2.75, 3.05) is 13.1 Å². The third kappa shape index (κ3) is 1.98. The van der Waals surface area contributed by atoms with Crippen LogP contribution >= 0.6 is 0 Å². The normalized spacial score (nSPS) is 19.0. The quantitative estimate of drug-likeness (QED) is 0.557. The highest BCUT2D eigenvalue weighted by Crippen LogP contribution is 2.26. The van der Waals surface area contributed by atoms with Crippen LogP contribution in [-0.2, 0) is 0 Å². The molecule has 0 saturated heterocycles. The molecular formula is C8H17N. The summed E-state index contributed by atoms with van der Waals surface area (Å²) in [6.07, 6.45) is 4.21. The molecule has 0 spiro atoms. The van der Waals surface area contributed by atoms with Gasteiger partial charge in [0.2, 0.25) is 0 Å². The Balaban J connectivity index is 2.12. The molecule has 0 bridgehead atoms. The summed E-state index contributed by atoms with van der Waals surface area (Å²) < 4.78 is 0. The van der Waals surface area contributed by atoms with Crippen LogP contribution in [0.2, 0.25) is 0 Å². The van der Waals surface area contributed by atoms with Gasteiger partial charge >= 0.3 is 0 Å². The average Bonchev–Trinajstić information content (AvgIpc) is 2.64. The molecule has 1 aliphatic carbocycles. The van der Waals surface area contributed by atoms with Crippen LogP contribution in [0.25, 0.3) is 0 Å². The van der Waals surface area contributed by atoms with E-state index in [1.54, 1.807) is 0 Å². The number of rotatable bonds is 4. The zero-order valence-corrected chi connectivity index (χ0v) is 6.56. The van der Waals surface area contributed by atoms with E-state index in [-0.39, 0.29) is 0 Å². The first-order valence-electron chi connectivity index (χ1n) is 4.12. The molecule has 0 heterocycles. The van der Waals surface area contributed by atoms with Crippen LogP contribution < -0.4 is 0 Å².